The molecule has 124 valence electrons. The van der Waals surface area contributed by atoms with Gasteiger partial charge in [-0.3, -0.25) is 4.57 Å². The van der Waals surface area contributed by atoms with Gasteiger partial charge in [0.2, 0.25) is 0 Å². The highest BCUT2D eigenvalue weighted by atomic mass is 19.1. The van der Waals surface area contributed by atoms with Gasteiger partial charge in [0.1, 0.15) is 17.4 Å². The zero-order chi connectivity index (χ0) is 17.4. The summed E-state index contributed by atoms with van der Waals surface area (Å²) in [6.07, 6.45) is 5.01. The molecule has 0 aliphatic heterocycles. The van der Waals surface area contributed by atoms with Gasteiger partial charge >= 0.3 is 0 Å². The Morgan fingerprint density at radius 3 is 2.40 bits per heavy atom. The summed E-state index contributed by atoms with van der Waals surface area (Å²) in [4.78, 5) is 0. The fourth-order valence-corrected chi connectivity index (χ4v) is 3.05. The second-order valence-corrected chi connectivity index (χ2v) is 5.59. The molecule has 2 aromatic carbocycles. The Hall–Kier alpha value is -3.54. The number of aromatic hydroxyl groups is 1. The smallest absolute Gasteiger partial charge is 0.131 e. The molecule has 0 saturated heterocycles. The second kappa shape index (κ2) is 5.83. The molecule has 0 amide bonds. The van der Waals surface area contributed by atoms with E-state index in [9.17, 15) is 9.50 Å². The Bertz CT molecular complexity index is 1060. The lowest BCUT2D eigenvalue weighted by Gasteiger charge is -2.12. The van der Waals surface area contributed by atoms with E-state index in [1.807, 2.05) is 33.7 Å². The molecule has 0 unspecified atom stereocenters. The monoisotopic (exact) mass is 335 g/mol. The molecule has 0 radical (unpaired) electrons. The highest BCUT2D eigenvalue weighted by molar-refractivity contribution is 6.04. The average molecular weight is 335 g/mol. The molecular formula is C19H14FN3O2. The van der Waals surface area contributed by atoms with Crippen LogP contribution in [0.2, 0.25) is 0 Å². The van der Waals surface area contributed by atoms with Crippen molar-refractivity contribution in [3.8, 4) is 17.3 Å². The number of benzene rings is 2. The minimum Gasteiger partial charge on any atom is -0.508 e. The van der Waals surface area contributed by atoms with E-state index in [1.165, 1.54) is 18.3 Å². The van der Waals surface area contributed by atoms with Crippen molar-refractivity contribution in [1.82, 2.24) is 9.13 Å². The zero-order valence-electron chi connectivity index (χ0n) is 13.0. The van der Waals surface area contributed by atoms with Crippen LogP contribution in [-0.4, -0.2) is 25.7 Å². The van der Waals surface area contributed by atoms with Crippen molar-refractivity contribution >= 4 is 17.1 Å². The summed E-state index contributed by atoms with van der Waals surface area (Å²) in [6, 6.07) is 14.9. The zero-order valence-corrected chi connectivity index (χ0v) is 13.0. The highest BCUT2D eigenvalue weighted by Gasteiger charge is 2.19. The molecule has 0 saturated carbocycles. The van der Waals surface area contributed by atoms with Gasteiger partial charge in [0, 0.05) is 29.0 Å². The summed E-state index contributed by atoms with van der Waals surface area (Å²) in [5.74, 6) is 0.488. The third-order valence-electron chi connectivity index (χ3n) is 4.09. The summed E-state index contributed by atoms with van der Waals surface area (Å²) in [5.41, 5.74) is 2.13. The number of halogens is 1. The lowest BCUT2D eigenvalue weighted by Crippen LogP contribution is -2.04. The van der Waals surface area contributed by atoms with Crippen LogP contribution in [0.5, 0.6) is 5.75 Å². The normalized spacial score (nSPS) is 11.6. The van der Waals surface area contributed by atoms with E-state index in [0.29, 0.717) is 16.8 Å². The number of rotatable bonds is 3. The van der Waals surface area contributed by atoms with Gasteiger partial charge in [-0.2, -0.15) is 0 Å². The first-order chi connectivity index (χ1) is 12.2. The fourth-order valence-electron chi connectivity index (χ4n) is 3.05. The molecule has 4 aromatic rings. The maximum atomic E-state index is 13.8. The van der Waals surface area contributed by atoms with Crippen molar-refractivity contribution in [2.24, 2.45) is 5.16 Å². The van der Waals surface area contributed by atoms with Crippen molar-refractivity contribution in [2.75, 3.05) is 0 Å². The first-order valence-electron chi connectivity index (χ1n) is 7.63. The predicted octanol–water partition coefficient (Wildman–Crippen LogP) is 4.07. The number of hydrogen-bond acceptors (Lipinski definition) is 3. The SMILES string of the molecule is ON=Cc1c(-n2cccc2)n(-c2ccc(O)cc2)c2ccc(F)cc12. The van der Waals surface area contributed by atoms with Crippen LogP contribution in [0, 0.1) is 5.82 Å². The first kappa shape index (κ1) is 15.0. The molecule has 2 aromatic heterocycles. The molecule has 25 heavy (non-hydrogen) atoms. The molecule has 6 heteroatoms. The number of nitrogens with zero attached hydrogens (tertiary/aromatic N) is 3. The third kappa shape index (κ3) is 2.44. The molecule has 0 bridgehead atoms. The van der Waals surface area contributed by atoms with E-state index in [2.05, 4.69) is 5.16 Å². The minimum absolute atomic E-state index is 0.158. The fraction of sp³-hybridized carbons (Fsp3) is 0. The van der Waals surface area contributed by atoms with Crippen LogP contribution in [-0.2, 0) is 0 Å². The number of hydrogen-bond donors (Lipinski definition) is 2. The van der Waals surface area contributed by atoms with Crippen LogP contribution in [0.3, 0.4) is 0 Å². The van der Waals surface area contributed by atoms with Crippen molar-refractivity contribution in [3.63, 3.8) is 0 Å². The molecule has 0 fully saturated rings. The highest BCUT2D eigenvalue weighted by Crippen LogP contribution is 2.32. The molecule has 2 N–H and O–H groups in total. The molecule has 5 nitrogen and oxygen atoms in total. The number of phenolic OH excluding ortho intramolecular Hbond substituents is 1. The molecule has 0 atom stereocenters. The van der Waals surface area contributed by atoms with Crippen molar-refractivity contribution in [3.05, 3.63) is 78.4 Å². The maximum Gasteiger partial charge on any atom is 0.131 e. The van der Waals surface area contributed by atoms with E-state index in [1.54, 1.807) is 30.3 Å². The van der Waals surface area contributed by atoms with Crippen LogP contribution < -0.4 is 0 Å². The Morgan fingerprint density at radius 1 is 1.00 bits per heavy atom. The Morgan fingerprint density at radius 2 is 1.72 bits per heavy atom. The molecule has 2 heterocycles. The minimum atomic E-state index is -0.373. The Kier molecular flexibility index (Phi) is 3.50. The maximum absolute atomic E-state index is 13.8. The molecule has 0 aliphatic rings. The number of oxime groups is 1. The van der Waals surface area contributed by atoms with Gasteiger partial charge < -0.3 is 14.9 Å². The van der Waals surface area contributed by atoms with Crippen molar-refractivity contribution in [1.29, 1.82) is 0 Å². The second-order valence-electron chi connectivity index (χ2n) is 5.59. The summed E-state index contributed by atoms with van der Waals surface area (Å²) in [7, 11) is 0. The van der Waals surface area contributed by atoms with Crippen molar-refractivity contribution < 1.29 is 14.7 Å². The summed E-state index contributed by atoms with van der Waals surface area (Å²) in [6.45, 7) is 0. The summed E-state index contributed by atoms with van der Waals surface area (Å²) >= 11 is 0. The summed E-state index contributed by atoms with van der Waals surface area (Å²) < 4.78 is 17.6. The number of phenols is 1. The van der Waals surface area contributed by atoms with Gasteiger partial charge in [0.05, 0.1) is 11.7 Å². The number of aromatic nitrogens is 2. The topological polar surface area (TPSA) is 62.7 Å². The van der Waals surface area contributed by atoms with Gasteiger partial charge in [-0.05, 0) is 54.6 Å². The van der Waals surface area contributed by atoms with Crippen LogP contribution >= 0.6 is 0 Å². The van der Waals surface area contributed by atoms with Crippen LogP contribution in [0.1, 0.15) is 5.56 Å². The largest absolute Gasteiger partial charge is 0.508 e. The van der Waals surface area contributed by atoms with E-state index in [0.717, 1.165) is 11.2 Å². The van der Waals surface area contributed by atoms with Crippen LogP contribution in [0.15, 0.2) is 72.1 Å². The molecule has 0 spiro atoms. The van der Waals surface area contributed by atoms with E-state index < -0.39 is 0 Å². The lowest BCUT2D eigenvalue weighted by molar-refractivity contribution is 0.322. The predicted molar refractivity (Wildman–Crippen MR) is 93.6 cm³/mol. The van der Waals surface area contributed by atoms with Gasteiger partial charge in [-0.25, -0.2) is 4.39 Å². The lowest BCUT2D eigenvalue weighted by atomic mass is 10.2. The van der Waals surface area contributed by atoms with Crippen LogP contribution in [0.4, 0.5) is 4.39 Å². The molecule has 0 aliphatic carbocycles. The molecular weight excluding hydrogens is 321 g/mol. The van der Waals surface area contributed by atoms with Gasteiger partial charge in [0.25, 0.3) is 0 Å². The van der Waals surface area contributed by atoms with E-state index >= 15 is 0 Å². The molecule has 4 rings (SSSR count). The summed E-state index contributed by atoms with van der Waals surface area (Å²) in [5, 5.41) is 22.5. The van der Waals surface area contributed by atoms with E-state index in [-0.39, 0.29) is 11.6 Å². The van der Waals surface area contributed by atoms with Gasteiger partial charge in [0.15, 0.2) is 0 Å². The van der Waals surface area contributed by atoms with Crippen molar-refractivity contribution in [2.45, 2.75) is 0 Å². The van der Waals surface area contributed by atoms with Crippen LogP contribution in [0.25, 0.3) is 22.4 Å². The number of fused-ring (bicyclic) bond motifs is 1. The Labute approximate surface area is 142 Å². The third-order valence-corrected chi connectivity index (χ3v) is 4.09. The van der Waals surface area contributed by atoms with E-state index in [4.69, 9.17) is 5.21 Å². The average Bonchev–Trinajstić information content (AvgIpc) is 3.23. The standard InChI is InChI=1S/C19H14FN3O2/c20-13-3-8-18-16(11-13)17(12-21-25)19(22-9-1-2-10-22)23(18)14-4-6-15(24)7-5-14/h1-12,24-25H. The Balaban J connectivity index is 2.16. The van der Waals surface area contributed by atoms with Gasteiger partial charge in [-0.15, -0.1) is 0 Å². The van der Waals surface area contributed by atoms with Gasteiger partial charge in [-0.1, -0.05) is 5.16 Å². The first-order valence-corrected chi connectivity index (χ1v) is 7.63. The quantitative estimate of drug-likeness (QED) is 0.337.